The number of nitrogens with zero attached hydrogens (tertiary/aromatic N) is 1. The number of hydrogen-bond donors (Lipinski definition) is 1. The lowest BCUT2D eigenvalue weighted by molar-refractivity contribution is -0.123. The van der Waals surface area contributed by atoms with E-state index in [0.29, 0.717) is 21.6 Å². The van der Waals surface area contributed by atoms with E-state index < -0.39 is 11.9 Å². The fourth-order valence-electron chi connectivity index (χ4n) is 2.86. The number of imide groups is 1. The van der Waals surface area contributed by atoms with Crippen LogP contribution in [-0.2, 0) is 11.3 Å². The zero-order valence-electron chi connectivity index (χ0n) is 14.5. The molecule has 0 saturated carbocycles. The highest BCUT2D eigenvalue weighted by atomic mass is 35.5. The number of carbonyl (C=O) groups excluding carboxylic acids is 2. The van der Waals surface area contributed by atoms with Gasteiger partial charge in [-0.05, 0) is 35.9 Å². The Balaban J connectivity index is 1.55. The van der Waals surface area contributed by atoms with Crippen molar-refractivity contribution in [1.82, 2.24) is 10.2 Å². The molecular formula is C21H14Cl2N2O3. The molecule has 1 N–H and O–H groups in total. The second-order valence-corrected chi connectivity index (χ2v) is 7.01. The van der Waals surface area contributed by atoms with E-state index in [9.17, 15) is 9.59 Å². The van der Waals surface area contributed by atoms with Crippen LogP contribution in [0.5, 0.6) is 0 Å². The third-order valence-electron chi connectivity index (χ3n) is 4.26. The number of rotatable bonds is 4. The summed E-state index contributed by atoms with van der Waals surface area (Å²) < 4.78 is 5.76. The number of furan rings is 1. The molecule has 0 unspecified atom stereocenters. The van der Waals surface area contributed by atoms with Gasteiger partial charge in [-0.15, -0.1) is 0 Å². The van der Waals surface area contributed by atoms with Gasteiger partial charge >= 0.3 is 6.03 Å². The molecule has 1 aromatic heterocycles. The van der Waals surface area contributed by atoms with Crippen LogP contribution in [0, 0.1) is 0 Å². The number of urea groups is 1. The molecule has 1 aliphatic heterocycles. The van der Waals surface area contributed by atoms with Crippen molar-refractivity contribution < 1.29 is 14.0 Å². The van der Waals surface area contributed by atoms with Crippen LogP contribution in [0.1, 0.15) is 11.3 Å². The molecule has 140 valence electrons. The standard InChI is InChI=1S/C21H14Cl2N2O3/c22-16-8-6-14(10-17(16)23)19-9-7-15(28-19)11-18-20(26)25(21(27)24-18)12-13-4-2-1-3-5-13/h1-11H,12H2,(H,24,27)/b18-11+. The fourth-order valence-corrected chi connectivity index (χ4v) is 3.16. The van der Waals surface area contributed by atoms with Crippen molar-refractivity contribution in [3.8, 4) is 11.3 Å². The second-order valence-electron chi connectivity index (χ2n) is 6.20. The van der Waals surface area contributed by atoms with Gasteiger partial charge in [0.1, 0.15) is 17.2 Å². The van der Waals surface area contributed by atoms with E-state index in [-0.39, 0.29) is 12.2 Å². The van der Waals surface area contributed by atoms with Gasteiger partial charge < -0.3 is 9.73 Å². The fraction of sp³-hybridized carbons (Fsp3) is 0.0476. The molecule has 0 bridgehead atoms. The van der Waals surface area contributed by atoms with Crippen molar-refractivity contribution in [2.45, 2.75) is 6.54 Å². The second kappa shape index (κ2) is 7.54. The van der Waals surface area contributed by atoms with E-state index >= 15 is 0 Å². The highest BCUT2D eigenvalue weighted by molar-refractivity contribution is 6.42. The third kappa shape index (κ3) is 3.67. The van der Waals surface area contributed by atoms with Gasteiger partial charge in [-0.1, -0.05) is 53.5 Å². The minimum absolute atomic E-state index is 0.163. The number of amides is 3. The number of nitrogens with one attached hydrogen (secondary N) is 1. The summed E-state index contributed by atoms with van der Waals surface area (Å²) in [4.78, 5) is 25.9. The summed E-state index contributed by atoms with van der Waals surface area (Å²) in [6.45, 7) is 0.204. The molecular weight excluding hydrogens is 399 g/mol. The first kappa shape index (κ1) is 18.3. The molecule has 1 fully saturated rings. The number of hydrogen-bond acceptors (Lipinski definition) is 3. The summed E-state index contributed by atoms with van der Waals surface area (Å²) in [5.41, 5.74) is 1.79. The highest BCUT2D eigenvalue weighted by Gasteiger charge is 2.33. The molecule has 7 heteroatoms. The Morgan fingerprint density at radius 1 is 0.964 bits per heavy atom. The average Bonchev–Trinajstić information content (AvgIpc) is 3.25. The predicted molar refractivity (Wildman–Crippen MR) is 108 cm³/mol. The normalized spacial score (nSPS) is 15.4. The van der Waals surface area contributed by atoms with E-state index in [1.54, 1.807) is 30.3 Å². The van der Waals surface area contributed by atoms with Crippen LogP contribution in [0.3, 0.4) is 0 Å². The lowest BCUT2D eigenvalue weighted by Crippen LogP contribution is -2.30. The lowest BCUT2D eigenvalue weighted by Gasteiger charge is -2.11. The molecule has 28 heavy (non-hydrogen) atoms. The third-order valence-corrected chi connectivity index (χ3v) is 5.00. The van der Waals surface area contributed by atoms with Crippen molar-refractivity contribution in [2.75, 3.05) is 0 Å². The van der Waals surface area contributed by atoms with Crippen molar-refractivity contribution in [3.63, 3.8) is 0 Å². The topological polar surface area (TPSA) is 62.6 Å². The first-order chi connectivity index (χ1) is 13.5. The quantitative estimate of drug-likeness (QED) is 0.464. The molecule has 0 radical (unpaired) electrons. The lowest BCUT2D eigenvalue weighted by atomic mass is 10.2. The maximum Gasteiger partial charge on any atom is 0.329 e. The Labute approximate surface area is 171 Å². The van der Waals surface area contributed by atoms with Crippen molar-refractivity contribution in [2.24, 2.45) is 0 Å². The molecule has 2 aromatic carbocycles. The van der Waals surface area contributed by atoms with Gasteiger partial charge in [0, 0.05) is 11.6 Å². The maximum absolute atomic E-state index is 12.6. The van der Waals surface area contributed by atoms with Gasteiger partial charge in [0.2, 0.25) is 0 Å². The SMILES string of the molecule is O=C1N/C(=C/c2ccc(-c3ccc(Cl)c(Cl)c3)o2)C(=O)N1Cc1ccccc1. The van der Waals surface area contributed by atoms with Gasteiger partial charge in [0.15, 0.2) is 0 Å². The summed E-state index contributed by atoms with van der Waals surface area (Å²) in [5.74, 6) is 0.607. The molecule has 0 aliphatic carbocycles. The van der Waals surface area contributed by atoms with Crippen LogP contribution >= 0.6 is 23.2 Å². The Bertz CT molecular complexity index is 1090. The van der Waals surface area contributed by atoms with E-state index in [4.69, 9.17) is 27.6 Å². The van der Waals surface area contributed by atoms with Gasteiger partial charge in [-0.3, -0.25) is 9.69 Å². The molecule has 2 heterocycles. The van der Waals surface area contributed by atoms with Gasteiger partial charge in [-0.25, -0.2) is 4.79 Å². The smallest absolute Gasteiger partial charge is 0.329 e. The molecule has 5 nitrogen and oxygen atoms in total. The summed E-state index contributed by atoms with van der Waals surface area (Å²) in [7, 11) is 0. The zero-order chi connectivity index (χ0) is 19.7. The molecule has 1 aliphatic rings. The zero-order valence-corrected chi connectivity index (χ0v) is 16.0. The predicted octanol–water partition coefficient (Wildman–Crippen LogP) is 5.35. The Morgan fingerprint density at radius 2 is 1.75 bits per heavy atom. The van der Waals surface area contributed by atoms with E-state index in [0.717, 1.165) is 16.0 Å². The summed E-state index contributed by atoms with van der Waals surface area (Å²) in [5, 5.41) is 3.47. The molecule has 0 atom stereocenters. The molecule has 4 rings (SSSR count). The van der Waals surface area contributed by atoms with Crippen LogP contribution in [0.15, 0.2) is 70.8 Å². The van der Waals surface area contributed by atoms with Crippen LogP contribution in [-0.4, -0.2) is 16.8 Å². The molecule has 0 spiro atoms. The van der Waals surface area contributed by atoms with Crippen molar-refractivity contribution in [1.29, 1.82) is 0 Å². The number of benzene rings is 2. The summed E-state index contributed by atoms with van der Waals surface area (Å²) in [6, 6.07) is 17.5. The van der Waals surface area contributed by atoms with Crippen LogP contribution in [0.2, 0.25) is 10.0 Å². The summed E-state index contributed by atoms with van der Waals surface area (Å²) >= 11 is 12.0. The van der Waals surface area contributed by atoms with E-state index in [2.05, 4.69) is 5.32 Å². The van der Waals surface area contributed by atoms with E-state index in [1.807, 2.05) is 30.3 Å². The summed E-state index contributed by atoms with van der Waals surface area (Å²) in [6.07, 6.45) is 1.51. The number of halogens is 2. The van der Waals surface area contributed by atoms with Crippen molar-refractivity contribution >= 4 is 41.2 Å². The largest absolute Gasteiger partial charge is 0.457 e. The molecule has 3 amide bonds. The first-order valence-corrected chi connectivity index (χ1v) is 9.20. The Hall–Kier alpha value is -3.02. The van der Waals surface area contributed by atoms with Crippen LogP contribution in [0.25, 0.3) is 17.4 Å². The van der Waals surface area contributed by atoms with Gasteiger partial charge in [0.25, 0.3) is 5.91 Å². The van der Waals surface area contributed by atoms with Gasteiger partial charge in [-0.2, -0.15) is 0 Å². The van der Waals surface area contributed by atoms with Crippen LogP contribution in [0.4, 0.5) is 4.79 Å². The molecule has 1 saturated heterocycles. The minimum atomic E-state index is -0.462. The minimum Gasteiger partial charge on any atom is -0.457 e. The average molecular weight is 413 g/mol. The Morgan fingerprint density at radius 3 is 2.50 bits per heavy atom. The Kier molecular flexibility index (Phi) is 4.94. The van der Waals surface area contributed by atoms with Crippen LogP contribution < -0.4 is 5.32 Å². The first-order valence-electron chi connectivity index (χ1n) is 8.45. The monoisotopic (exact) mass is 412 g/mol. The van der Waals surface area contributed by atoms with Gasteiger partial charge in [0.05, 0.1) is 16.6 Å². The maximum atomic E-state index is 12.6. The number of carbonyl (C=O) groups is 2. The van der Waals surface area contributed by atoms with E-state index in [1.165, 1.54) is 6.08 Å². The molecule has 3 aromatic rings. The highest BCUT2D eigenvalue weighted by Crippen LogP contribution is 2.30. The van der Waals surface area contributed by atoms with Crippen molar-refractivity contribution in [3.05, 3.63) is 87.7 Å².